The second-order valence-corrected chi connectivity index (χ2v) is 6.04. The highest BCUT2D eigenvalue weighted by molar-refractivity contribution is 7.80. The molecule has 1 aliphatic heterocycles. The van der Waals surface area contributed by atoms with Crippen molar-refractivity contribution in [2.24, 2.45) is 0 Å². The van der Waals surface area contributed by atoms with Crippen LogP contribution in [-0.4, -0.2) is 18.6 Å². The summed E-state index contributed by atoms with van der Waals surface area (Å²) in [5.41, 5.74) is 0.720. The van der Waals surface area contributed by atoms with E-state index in [1.54, 1.807) is 23.1 Å². The SMILES string of the molecule is COc1ccc(Cl)cc1N1C(=S)CNc2cc(C(F)(F)F)ccc21. The van der Waals surface area contributed by atoms with Gasteiger partial charge in [-0.15, -0.1) is 0 Å². The molecule has 8 heteroatoms. The topological polar surface area (TPSA) is 24.5 Å². The number of alkyl halides is 3. The first-order valence-corrected chi connectivity index (χ1v) is 7.71. The maximum absolute atomic E-state index is 12.9. The maximum atomic E-state index is 12.9. The van der Waals surface area contributed by atoms with Gasteiger partial charge >= 0.3 is 6.18 Å². The van der Waals surface area contributed by atoms with Crippen molar-refractivity contribution in [3.8, 4) is 5.75 Å². The molecule has 0 amide bonds. The summed E-state index contributed by atoms with van der Waals surface area (Å²) >= 11 is 11.4. The van der Waals surface area contributed by atoms with Crippen molar-refractivity contribution >= 4 is 45.9 Å². The molecule has 0 saturated carbocycles. The van der Waals surface area contributed by atoms with Gasteiger partial charge in [-0.3, -0.25) is 4.90 Å². The highest BCUT2D eigenvalue weighted by Crippen LogP contribution is 2.43. The summed E-state index contributed by atoms with van der Waals surface area (Å²) in [6, 6.07) is 8.50. The predicted octanol–water partition coefficient (Wildman–Crippen LogP) is 5.26. The summed E-state index contributed by atoms with van der Waals surface area (Å²) in [5, 5.41) is 3.39. The molecule has 0 aromatic heterocycles. The number of thiocarbonyl (C=S) groups is 1. The number of hydrogen-bond donors (Lipinski definition) is 1. The zero-order valence-electron chi connectivity index (χ0n) is 12.4. The Balaban J connectivity index is 2.15. The molecule has 126 valence electrons. The molecule has 1 heterocycles. The zero-order valence-corrected chi connectivity index (χ0v) is 14.0. The van der Waals surface area contributed by atoms with Crippen LogP contribution in [0.15, 0.2) is 36.4 Å². The minimum absolute atomic E-state index is 0.235. The molecule has 3 nitrogen and oxygen atoms in total. The normalized spacial score (nSPS) is 14.2. The fourth-order valence-corrected chi connectivity index (χ4v) is 2.97. The standard InChI is InChI=1S/C16H12ClF3N2OS/c1-23-14-5-3-10(17)7-13(14)22-12-4-2-9(16(18,19)20)6-11(12)21-8-15(22)24/h2-7,21H,8H2,1H3. The van der Waals surface area contributed by atoms with Crippen LogP contribution in [0.5, 0.6) is 5.75 Å². The van der Waals surface area contributed by atoms with E-state index < -0.39 is 11.7 Å². The van der Waals surface area contributed by atoms with Gasteiger partial charge in [0.2, 0.25) is 0 Å². The Bertz CT molecular complexity index is 810. The molecule has 24 heavy (non-hydrogen) atoms. The van der Waals surface area contributed by atoms with Crippen LogP contribution in [-0.2, 0) is 6.18 Å². The lowest BCUT2D eigenvalue weighted by Crippen LogP contribution is -2.35. The molecule has 0 unspecified atom stereocenters. The maximum Gasteiger partial charge on any atom is 0.416 e. The first kappa shape index (κ1) is 16.9. The van der Waals surface area contributed by atoms with Gasteiger partial charge in [-0.05, 0) is 36.4 Å². The van der Waals surface area contributed by atoms with E-state index in [9.17, 15) is 13.2 Å². The lowest BCUT2D eigenvalue weighted by atomic mass is 10.1. The van der Waals surface area contributed by atoms with Gasteiger partial charge in [0.1, 0.15) is 10.7 Å². The Hall–Kier alpha value is -1.99. The van der Waals surface area contributed by atoms with Gasteiger partial charge in [-0.2, -0.15) is 13.2 Å². The molecule has 0 saturated heterocycles. The van der Waals surface area contributed by atoms with Gasteiger partial charge in [0.15, 0.2) is 0 Å². The third-order valence-electron chi connectivity index (χ3n) is 3.63. The van der Waals surface area contributed by atoms with Crippen molar-refractivity contribution in [3.05, 3.63) is 47.0 Å². The fraction of sp³-hybridized carbons (Fsp3) is 0.188. The highest BCUT2D eigenvalue weighted by Gasteiger charge is 2.33. The number of nitrogens with zero attached hydrogens (tertiary/aromatic N) is 1. The van der Waals surface area contributed by atoms with E-state index in [1.165, 1.54) is 13.2 Å². The molecule has 2 aromatic rings. The fourth-order valence-electron chi connectivity index (χ4n) is 2.54. The number of rotatable bonds is 2. The minimum atomic E-state index is -4.41. The van der Waals surface area contributed by atoms with Crippen molar-refractivity contribution < 1.29 is 17.9 Å². The van der Waals surface area contributed by atoms with E-state index in [1.807, 2.05) is 0 Å². The predicted molar refractivity (Wildman–Crippen MR) is 92.7 cm³/mol. The summed E-state index contributed by atoms with van der Waals surface area (Å²) in [5.74, 6) is 0.523. The summed E-state index contributed by atoms with van der Waals surface area (Å²) in [7, 11) is 1.51. The molecule has 0 spiro atoms. The van der Waals surface area contributed by atoms with Gasteiger partial charge in [-0.25, -0.2) is 0 Å². The van der Waals surface area contributed by atoms with Gasteiger partial charge in [0.25, 0.3) is 0 Å². The van der Waals surface area contributed by atoms with Crippen molar-refractivity contribution in [3.63, 3.8) is 0 Å². The third-order valence-corrected chi connectivity index (χ3v) is 4.19. The first-order chi connectivity index (χ1) is 11.3. The van der Waals surface area contributed by atoms with E-state index in [2.05, 4.69) is 5.32 Å². The second kappa shape index (κ2) is 6.14. The van der Waals surface area contributed by atoms with Crippen LogP contribution in [0.3, 0.4) is 0 Å². The molecular formula is C16H12ClF3N2OS. The molecular weight excluding hydrogens is 361 g/mol. The first-order valence-electron chi connectivity index (χ1n) is 6.93. The molecule has 2 aromatic carbocycles. The Morgan fingerprint density at radius 3 is 2.58 bits per heavy atom. The van der Waals surface area contributed by atoms with E-state index in [4.69, 9.17) is 28.6 Å². The van der Waals surface area contributed by atoms with Crippen molar-refractivity contribution in [1.82, 2.24) is 0 Å². The van der Waals surface area contributed by atoms with E-state index in [-0.39, 0.29) is 6.54 Å². The molecule has 0 radical (unpaired) electrons. The van der Waals surface area contributed by atoms with Gasteiger partial charge in [0.05, 0.1) is 36.3 Å². The van der Waals surface area contributed by atoms with Crippen LogP contribution in [0.25, 0.3) is 0 Å². The highest BCUT2D eigenvalue weighted by atomic mass is 35.5. The Morgan fingerprint density at radius 2 is 1.92 bits per heavy atom. The summed E-state index contributed by atoms with van der Waals surface area (Å²) in [6.45, 7) is 0.235. The number of benzene rings is 2. The summed E-state index contributed by atoms with van der Waals surface area (Å²) in [6.07, 6.45) is -4.41. The molecule has 0 bridgehead atoms. The van der Waals surface area contributed by atoms with Crippen molar-refractivity contribution in [2.45, 2.75) is 6.18 Å². The third kappa shape index (κ3) is 3.01. The number of anilines is 3. The van der Waals surface area contributed by atoms with Gasteiger partial charge in [0, 0.05) is 5.02 Å². The monoisotopic (exact) mass is 372 g/mol. The van der Waals surface area contributed by atoms with Crippen molar-refractivity contribution in [2.75, 3.05) is 23.9 Å². The van der Waals surface area contributed by atoms with Crippen LogP contribution in [0.4, 0.5) is 30.2 Å². The molecule has 0 fully saturated rings. The molecule has 1 aliphatic rings. The van der Waals surface area contributed by atoms with E-state index in [0.29, 0.717) is 32.8 Å². The van der Waals surface area contributed by atoms with Crippen LogP contribution in [0.1, 0.15) is 5.56 Å². The van der Waals surface area contributed by atoms with Crippen molar-refractivity contribution in [1.29, 1.82) is 0 Å². The van der Waals surface area contributed by atoms with Crippen LogP contribution >= 0.6 is 23.8 Å². The number of hydrogen-bond acceptors (Lipinski definition) is 3. The second-order valence-electron chi connectivity index (χ2n) is 5.13. The number of fused-ring (bicyclic) bond motifs is 1. The average Bonchev–Trinajstić information content (AvgIpc) is 2.53. The Morgan fingerprint density at radius 1 is 1.17 bits per heavy atom. The number of ether oxygens (including phenoxy) is 1. The average molecular weight is 373 g/mol. The molecule has 3 rings (SSSR count). The zero-order chi connectivity index (χ0) is 17.5. The van der Waals surface area contributed by atoms with E-state index >= 15 is 0 Å². The molecule has 1 N–H and O–H groups in total. The largest absolute Gasteiger partial charge is 0.495 e. The number of halogens is 4. The molecule has 0 atom stereocenters. The van der Waals surface area contributed by atoms with Gasteiger partial charge in [-0.1, -0.05) is 23.8 Å². The lowest BCUT2D eigenvalue weighted by Gasteiger charge is -2.33. The number of nitrogens with one attached hydrogen (secondary N) is 1. The Labute approximate surface area is 147 Å². The van der Waals surface area contributed by atoms with Crippen LogP contribution in [0.2, 0.25) is 5.02 Å². The summed E-state index contributed by atoms with van der Waals surface area (Å²) < 4.78 is 44.1. The van der Waals surface area contributed by atoms with Gasteiger partial charge < -0.3 is 10.1 Å². The Kier molecular flexibility index (Phi) is 4.31. The van der Waals surface area contributed by atoms with Crippen LogP contribution in [0, 0.1) is 0 Å². The molecule has 0 aliphatic carbocycles. The van der Waals surface area contributed by atoms with E-state index in [0.717, 1.165) is 12.1 Å². The quantitative estimate of drug-likeness (QED) is 0.727. The minimum Gasteiger partial charge on any atom is -0.495 e. The lowest BCUT2D eigenvalue weighted by molar-refractivity contribution is -0.137. The number of methoxy groups -OCH3 is 1. The smallest absolute Gasteiger partial charge is 0.416 e. The summed E-state index contributed by atoms with van der Waals surface area (Å²) in [4.78, 5) is 2.18. The van der Waals surface area contributed by atoms with Crippen LogP contribution < -0.4 is 15.0 Å².